The van der Waals surface area contributed by atoms with Crippen LogP contribution < -0.4 is 5.32 Å². The Bertz CT molecular complexity index is 647. The van der Waals surface area contributed by atoms with E-state index in [-0.39, 0.29) is 17.8 Å². The molecule has 0 aliphatic rings. The smallest absolute Gasteiger partial charge is 0.358 e. The molecule has 0 radical (unpaired) electrons. The SMILES string of the molecule is CCc1ccc(C(Nc2c([N+](=O)[O-])ncn2C)C(C)C)cc1. The molecule has 0 aliphatic carbocycles. The highest BCUT2D eigenvalue weighted by molar-refractivity contribution is 5.53. The van der Waals surface area contributed by atoms with E-state index in [2.05, 4.69) is 55.3 Å². The molecule has 0 bridgehead atoms. The molecule has 2 rings (SSSR count). The Labute approximate surface area is 130 Å². The van der Waals surface area contributed by atoms with Crippen molar-refractivity contribution in [2.45, 2.75) is 33.2 Å². The van der Waals surface area contributed by atoms with E-state index in [1.165, 1.54) is 11.9 Å². The van der Waals surface area contributed by atoms with E-state index < -0.39 is 4.92 Å². The second-order valence-electron chi connectivity index (χ2n) is 5.75. The van der Waals surface area contributed by atoms with Crippen LogP contribution in [0.2, 0.25) is 0 Å². The van der Waals surface area contributed by atoms with Crippen molar-refractivity contribution in [3.63, 3.8) is 0 Å². The Morgan fingerprint density at radius 2 is 1.95 bits per heavy atom. The quantitative estimate of drug-likeness (QED) is 0.652. The predicted octanol–water partition coefficient (Wildman–Crippen LogP) is 3.70. The van der Waals surface area contributed by atoms with Crippen LogP contribution in [0.4, 0.5) is 11.6 Å². The van der Waals surface area contributed by atoms with Crippen LogP contribution in [0.5, 0.6) is 0 Å². The molecule has 0 saturated heterocycles. The molecule has 0 saturated carbocycles. The average Bonchev–Trinajstić information content (AvgIpc) is 2.86. The van der Waals surface area contributed by atoms with Gasteiger partial charge in [0.05, 0.1) is 6.04 Å². The molecule has 1 atom stereocenters. The summed E-state index contributed by atoms with van der Waals surface area (Å²) < 4.78 is 1.65. The molecule has 1 N–H and O–H groups in total. The van der Waals surface area contributed by atoms with Gasteiger partial charge < -0.3 is 15.4 Å². The van der Waals surface area contributed by atoms with Crippen molar-refractivity contribution in [1.82, 2.24) is 9.55 Å². The number of anilines is 1. The zero-order chi connectivity index (χ0) is 16.3. The molecule has 0 spiro atoms. The monoisotopic (exact) mass is 302 g/mol. The summed E-state index contributed by atoms with van der Waals surface area (Å²) in [7, 11) is 1.75. The molecule has 22 heavy (non-hydrogen) atoms. The minimum absolute atomic E-state index is 0.0139. The summed E-state index contributed by atoms with van der Waals surface area (Å²) in [5.74, 6) is 0.573. The van der Waals surface area contributed by atoms with E-state index in [9.17, 15) is 10.1 Å². The fraction of sp³-hybridized carbons (Fsp3) is 0.438. The number of nitrogens with one attached hydrogen (secondary N) is 1. The summed E-state index contributed by atoms with van der Waals surface area (Å²) in [4.78, 5) is 14.5. The Morgan fingerprint density at radius 1 is 1.32 bits per heavy atom. The van der Waals surface area contributed by atoms with Crippen LogP contribution >= 0.6 is 0 Å². The van der Waals surface area contributed by atoms with Crippen molar-refractivity contribution in [1.29, 1.82) is 0 Å². The van der Waals surface area contributed by atoms with Gasteiger partial charge in [0.15, 0.2) is 0 Å². The lowest BCUT2D eigenvalue weighted by Crippen LogP contribution is -2.19. The lowest BCUT2D eigenvalue weighted by molar-refractivity contribution is -0.388. The van der Waals surface area contributed by atoms with Crippen molar-refractivity contribution < 1.29 is 4.92 Å². The third-order valence-corrected chi connectivity index (χ3v) is 3.80. The van der Waals surface area contributed by atoms with Crippen molar-refractivity contribution in [2.75, 3.05) is 5.32 Å². The standard InChI is InChI=1S/C16H22N4O2/c1-5-12-6-8-13(9-7-12)14(11(2)3)18-16-15(20(21)22)17-10-19(16)4/h6-11,14,18H,5H2,1-4H3. The first-order chi connectivity index (χ1) is 10.4. The van der Waals surface area contributed by atoms with Crippen LogP contribution in [-0.4, -0.2) is 14.5 Å². The van der Waals surface area contributed by atoms with Gasteiger partial charge >= 0.3 is 5.82 Å². The number of aryl methyl sites for hydroxylation is 2. The topological polar surface area (TPSA) is 73.0 Å². The third-order valence-electron chi connectivity index (χ3n) is 3.80. The van der Waals surface area contributed by atoms with E-state index in [0.717, 1.165) is 12.0 Å². The number of hydrogen-bond donors (Lipinski definition) is 1. The number of aromatic nitrogens is 2. The zero-order valence-electron chi connectivity index (χ0n) is 13.4. The normalized spacial score (nSPS) is 12.4. The molecule has 118 valence electrons. The van der Waals surface area contributed by atoms with Crippen molar-refractivity contribution in [3.05, 3.63) is 51.8 Å². The molecule has 1 unspecified atom stereocenters. The van der Waals surface area contributed by atoms with Crippen LogP contribution in [-0.2, 0) is 13.5 Å². The highest BCUT2D eigenvalue weighted by atomic mass is 16.6. The minimum atomic E-state index is -0.458. The molecule has 2 aromatic rings. The van der Waals surface area contributed by atoms with Gasteiger partial charge in [-0.05, 0) is 33.4 Å². The molecular formula is C16H22N4O2. The molecule has 0 fully saturated rings. The first kappa shape index (κ1) is 16.0. The Morgan fingerprint density at radius 3 is 2.45 bits per heavy atom. The van der Waals surface area contributed by atoms with Crippen molar-refractivity contribution in [2.24, 2.45) is 13.0 Å². The van der Waals surface area contributed by atoms with E-state index in [1.807, 2.05) is 0 Å². The zero-order valence-corrected chi connectivity index (χ0v) is 13.4. The van der Waals surface area contributed by atoms with Gasteiger partial charge in [-0.15, -0.1) is 0 Å². The minimum Gasteiger partial charge on any atom is -0.358 e. The van der Waals surface area contributed by atoms with Crippen molar-refractivity contribution >= 4 is 11.6 Å². The number of benzene rings is 1. The number of hydrogen-bond acceptors (Lipinski definition) is 4. The average molecular weight is 302 g/mol. The van der Waals surface area contributed by atoms with E-state index in [1.54, 1.807) is 11.6 Å². The van der Waals surface area contributed by atoms with Gasteiger partial charge in [-0.25, -0.2) is 0 Å². The van der Waals surface area contributed by atoms with Gasteiger partial charge in [-0.2, -0.15) is 0 Å². The number of nitrogens with zero attached hydrogens (tertiary/aromatic N) is 3. The Balaban J connectivity index is 2.33. The molecule has 1 aromatic carbocycles. The third kappa shape index (κ3) is 3.27. The largest absolute Gasteiger partial charge is 0.406 e. The Hall–Kier alpha value is -2.37. The van der Waals surface area contributed by atoms with E-state index >= 15 is 0 Å². The van der Waals surface area contributed by atoms with Crippen LogP contribution in [0.25, 0.3) is 0 Å². The summed E-state index contributed by atoms with van der Waals surface area (Å²) in [5, 5.41) is 14.4. The number of nitro groups is 1. The lowest BCUT2D eigenvalue weighted by Gasteiger charge is -2.23. The fourth-order valence-corrected chi connectivity index (χ4v) is 2.46. The van der Waals surface area contributed by atoms with Crippen LogP contribution in [0, 0.1) is 16.0 Å². The molecular weight excluding hydrogens is 280 g/mol. The first-order valence-electron chi connectivity index (χ1n) is 7.45. The lowest BCUT2D eigenvalue weighted by atomic mass is 9.95. The highest BCUT2D eigenvalue weighted by Crippen LogP contribution is 2.30. The van der Waals surface area contributed by atoms with Crippen LogP contribution in [0.1, 0.15) is 37.9 Å². The maximum absolute atomic E-state index is 11.1. The predicted molar refractivity (Wildman–Crippen MR) is 86.9 cm³/mol. The molecule has 0 aliphatic heterocycles. The molecule has 6 heteroatoms. The van der Waals surface area contributed by atoms with Gasteiger partial charge in [0, 0.05) is 7.05 Å². The van der Waals surface area contributed by atoms with Gasteiger partial charge in [0.25, 0.3) is 0 Å². The summed E-state index contributed by atoms with van der Waals surface area (Å²) >= 11 is 0. The summed E-state index contributed by atoms with van der Waals surface area (Å²) in [6, 6.07) is 8.35. The summed E-state index contributed by atoms with van der Waals surface area (Å²) in [6.45, 7) is 6.30. The van der Waals surface area contributed by atoms with Gasteiger partial charge in [-0.3, -0.25) is 4.57 Å². The maximum Gasteiger partial charge on any atom is 0.406 e. The number of imidazole rings is 1. The highest BCUT2D eigenvalue weighted by Gasteiger charge is 2.25. The second kappa shape index (κ2) is 6.60. The van der Waals surface area contributed by atoms with Gasteiger partial charge in [-0.1, -0.05) is 45.0 Å². The van der Waals surface area contributed by atoms with E-state index in [0.29, 0.717) is 5.82 Å². The molecule has 6 nitrogen and oxygen atoms in total. The maximum atomic E-state index is 11.1. The summed E-state index contributed by atoms with van der Waals surface area (Å²) in [6.07, 6.45) is 2.45. The van der Waals surface area contributed by atoms with E-state index in [4.69, 9.17) is 0 Å². The number of rotatable bonds is 6. The van der Waals surface area contributed by atoms with Gasteiger partial charge in [0.1, 0.15) is 0 Å². The molecule has 1 aromatic heterocycles. The van der Waals surface area contributed by atoms with Gasteiger partial charge in [0.2, 0.25) is 12.1 Å². The molecule has 0 amide bonds. The Kier molecular flexibility index (Phi) is 4.80. The fourth-order valence-electron chi connectivity index (χ4n) is 2.46. The first-order valence-corrected chi connectivity index (χ1v) is 7.45. The van der Waals surface area contributed by atoms with Crippen LogP contribution in [0.3, 0.4) is 0 Å². The molecule has 1 heterocycles. The summed E-state index contributed by atoms with van der Waals surface area (Å²) in [5.41, 5.74) is 2.39. The second-order valence-corrected chi connectivity index (χ2v) is 5.75. The van der Waals surface area contributed by atoms with Crippen LogP contribution in [0.15, 0.2) is 30.6 Å². The van der Waals surface area contributed by atoms with Crippen molar-refractivity contribution in [3.8, 4) is 0 Å².